The second-order valence-electron chi connectivity index (χ2n) is 3.72. The first-order chi connectivity index (χ1) is 9.10. The molecule has 0 aliphatic rings. The van der Waals surface area contributed by atoms with Gasteiger partial charge in [0, 0.05) is 11.6 Å². The zero-order valence-electron chi connectivity index (χ0n) is 10.2. The summed E-state index contributed by atoms with van der Waals surface area (Å²) in [5, 5.41) is 12.0. The van der Waals surface area contributed by atoms with Gasteiger partial charge < -0.3 is 4.74 Å². The molecule has 19 heavy (non-hydrogen) atoms. The van der Waals surface area contributed by atoms with Crippen LogP contribution in [0, 0.1) is 6.92 Å². The van der Waals surface area contributed by atoms with Crippen molar-refractivity contribution in [2.75, 3.05) is 0 Å². The minimum Gasteiger partial charge on any atom is -0.421 e. The molecule has 0 aliphatic carbocycles. The van der Waals surface area contributed by atoms with Crippen LogP contribution in [0.5, 0.6) is 5.75 Å². The number of carbonyl (C=O) groups is 1. The van der Waals surface area contributed by atoms with Crippen molar-refractivity contribution in [3.05, 3.63) is 47.3 Å². The second kappa shape index (κ2) is 5.62. The quantitative estimate of drug-likeness (QED) is 0.484. The number of rotatable bonds is 4. The maximum atomic E-state index is 11.3. The van der Waals surface area contributed by atoms with Crippen LogP contribution in [0.3, 0.4) is 0 Å². The number of benzene rings is 1. The van der Waals surface area contributed by atoms with Gasteiger partial charge in [-0.1, -0.05) is 30.3 Å². The Labute approximate surface area is 114 Å². The maximum absolute atomic E-state index is 11.3. The molecular formula is C12H11ClN4O2. The van der Waals surface area contributed by atoms with Gasteiger partial charge in [0.15, 0.2) is 11.6 Å². The topological polar surface area (TPSA) is 69.9 Å². The lowest BCUT2D eigenvalue weighted by molar-refractivity contribution is -0.129. The Morgan fingerprint density at radius 3 is 3.00 bits per heavy atom. The van der Waals surface area contributed by atoms with Gasteiger partial charge in [-0.05, 0) is 18.2 Å². The Hall–Kier alpha value is -2.21. The van der Waals surface area contributed by atoms with E-state index in [2.05, 4.69) is 22.0 Å². The van der Waals surface area contributed by atoms with E-state index < -0.39 is 5.97 Å². The monoisotopic (exact) mass is 278 g/mol. The van der Waals surface area contributed by atoms with Crippen molar-refractivity contribution in [1.29, 1.82) is 0 Å². The third-order valence-corrected chi connectivity index (χ3v) is 2.58. The molecule has 0 aliphatic heterocycles. The van der Waals surface area contributed by atoms with E-state index in [-0.39, 0.29) is 5.75 Å². The van der Waals surface area contributed by atoms with Gasteiger partial charge >= 0.3 is 5.97 Å². The summed E-state index contributed by atoms with van der Waals surface area (Å²) in [4.78, 5) is 12.7. The summed E-state index contributed by atoms with van der Waals surface area (Å²) < 4.78 is 5.13. The molecule has 0 spiro atoms. The molecule has 98 valence electrons. The molecule has 0 atom stereocenters. The molecule has 7 heteroatoms. The Balaban J connectivity index is 2.31. The number of hydrogen-bond donors (Lipinski definition) is 0. The fraction of sp³-hybridized carbons (Fsp3) is 0.167. The SMILES string of the molecule is C=CC(=O)Oc1c(Cl)cccc1Cn1nnc(C)n1. The van der Waals surface area contributed by atoms with Gasteiger partial charge in [0.2, 0.25) is 0 Å². The molecule has 2 aromatic rings. The zero-order valence-corrected chi connectivity index (χ0v) is 11.0. The van der Waals surface area contributed by atoms with Gasteiger partial charge in [-0.15, -0.1) is 10.2 Å². The third kappa shape index (κ3) is 3.17. The van der Waals surface area contributed by atoms with Gasteiger partial charge in [0.25, 0.3) is 0 Å². The number of halogens is 1. The summed E-state index contributed by atoms with van der Waals surface area (Å²) in [6.07, 6.45) is 1.07. The van der Waals surface area contributed by atoms with E-state index in [9.17, 15) is 4.79 Å². The van der Waals surface area contributed by atoms with Crippen LogP contribution in [0.15, 0.2) is 30.9 Å². The molecule has 0 saturated carbocycles. The van der Waals surface area contributed by atoms with Crippen molar-refractivity contribution in [2.45, 2.75) is 13.5 Å². The second-order valence-corrected chi connectivity index (χ2v) is 4.13. The summed E-state index contributed by atoms with van der Waals surface area (Å²) >= 11 is 6.02. The van der Waals surface area contributed by atoms with Gasteiger partial charge in [0.1, 0.15) is 0 Å². The first kappa shape index (κ1) is 13.2. The van der Waals surface area contributed by atoms with Crippen molar-refractivity contribution in [1.82, 2.24) is 20.2 Å². The number of ether oxygens (including phenoxy) is 1. The van der Waals surface area contributed by atoms with E-state index in [4.69, 9.17) is 16.3 Å². The molecule has 1 aromatic carbocycles. The average Bonchev–Trinajstić information content (AvgIpc) is 2.79. The number of aromatic nitrogens is 4. The lowest BCUT2D eigenvalue weighted by Crippen LogP contribution is -2.10. The lowest BCUT2D eigenvalue weighted by Gasteiger charge is -2.09. The Morgan fingerprint density at radius 1 is 1.58 bits per heavy atom. The average molecular weight is 279 g/mol. The smallest absolute Gasteiger partial charge is 0.335 e. The summed E-state index contributed by atoms with van der Waals surface area (Å²) in [6, 6.07) is 5.17. The number of para-hydroxylation sites is 1. The van der Waals surface area contributed by atoms with Gasteiger partial charge in [-0.2, -0.15) is 4.80 Å². The van der Waals surface area contributed by atoms with Crippen LogP contribution in [0.1, 0.15) is 11.4 Å². The number of tetrazole rings is 1. The number of nitrogens with zero attached hydrogens (tertiary/aromatic N) is 4. The van der Waals surface area contributed by atoms with Gasteiger partial charge in [-0.25, -0.2) is 4.79 Å². The first-order valence-corrected chi connectivity index (χ1v) is 5.84. The highest BCUT2D eigenvalue weighted by Gasteiger charge is 2.13. The first-order valence-electron chi connectivity index (χ1n) is 5.46. The van der Waals surface area contributed by atoms with Crippen molar-refractivity contribution < 1.29 is 9.53 Å². The van der Waals surface area contributed by atoms with Crippen LogP contribution in [0.4, 0.5) is 0 Å². The Bertz CT molecular complexity index is 624. The van der Waals surface area contributed by atoms with E-state index in [0.717, 1.165) is 6.08 Å². The predicted molar refractivity (Wildman–Crippen MR) is 68.9 cm³/mol. The van der Waals surface area contributed by atoms with Crippen LogP contribution in [-0.2, 0) is 11.3 Å². The van der Waals surface area contributed by atoms with E-state index in [1.54, 1.807) is 25.1 Å². The van der Waals surface area contributed by atoms with E-state index in [1.807, 2.05) is 0 Å². The highest BCUT2D eigenvalue weighted by atomic mass is 35.5. The standard InChI is InChI=1S/C12H11ClN4O2/c1-3-11(18)19-12-9(5-4-6-10(12)13)7-17-15-8(2)14-16-17/h3-6H,1,7H2,2H3. The molecule has 0 N–H and O–H groups in total. The number of carbonyl (C=O) groups excluding carboxylic acids is 1. The molecular weight excluding hydrogens is 268 g/mol. The van der Waals surface area contributed by atoms with Gasteiger partial charge in [0.05, 0.1) is 11.6 Å². The lowest BCUT2D eigenvalue weighted by atomic mass is 10.2. The molecule has 0 fully saturated rings. The Kier molecular flexibility index (Phi) is 3.91. The van der Waals surface area contributed by atoms with E-state index in [0.29, 0.717) is 23.0 Å². The summed E-state index contributed by atoms with van der Waals surface area (Å²) in [6.45, 7) is 5.39. The molecule has 6 nitrogen and oxygen atoms in total. The van der Waals surface area contributed by atoms with Crippen LogP contribution in [0.25, 0.3) is 0 Å². The summed E-state index contributed by atoms with van der Waals surface area (Å²) in [5.74, 6) is 0.271. The third-order valence-electron chi connectivity index (χ3n) is 2.28. The van der Waals surface area contributed by atoms with E-state index >= 15 is 0 Å². The maximum Gasteiger partial charge on any atom is 0.335 e. The molecule has 0 amide bonds. The highest BCUT2D eigenvalue weighted by Crippen LogP contribution is 2.29. The number of aryl methyl sites for hydroxylation is 1. The van der Waals surface area contributed by atoms with Crippen molar-refractivity contribution >= 4 is 17.6 Å². The number of hydrogen-bond acceptors (Lipinski definition) is 5. The molecule has 0 unspecified atom stereocenters. The molecule has 1 aromatic heterocycles. The normalized spacial score (nSPS) is 10.2. The molecule has 2 rings (SSSR count). The highest BCUT2D eigenvalue weighted by molar-refractivity contribution is 6.32. The van der Waals surface area contributed by atoms with E-state index in [1.165, 1.54) is 4.80 Å². The fourth-order valence-electron chi connectivity index (χ4n) is 1.48. The molecule has 0 radical (unpaired) electrons. The number of esters is 1. The zero-order chi connectivity index (χ0) is 13.8. The molecule has 1 heterocycles. The van der Waals surface area contributed by atoms with Crippen molar-refractivity contribution in [3.63, 3.8) is 0 Å². The minimum atomic E-state index is -0.572. The Morgan fingerprint density at radius 2 is 2.37 bits per heavy atom. The van der Waals surface area contributed by atoms with Crippen molar-refractivity contribution in [2.24, 2.45) is 0 Å². The van der Waals surface area contributed by atoms with Crippen LogP contribution < -0.4 is 4.74 Å². The minimum absolute atomic E-state index is 0.281. The fourth-order valence-corrected chi connectivity index (χ4v) is 1.71. The van der Waals surface area contributed by atoms with Gasteiger partial charge in [-0.3, -0.25) is 0 Å². The van der Waals surface area contributed by atoms with Crippen LogP contribution >= 0.6 is 11.6 Å². The predicted octanol–water partition coefficient (Wildman–Crippen LogP) is 1.77. The van der Waals surface area contributed by atoms with Crippen LogP contribution in [-0.4, -0.2) is 26.2 Å². The summed E-state index contributed by atoms with van der Waals surface area (Å²) in [7, 11) is 0. The van der Waals surface area contributed by atoms with Crippen LogP contribution in [0.2, 0.25) is 5.02 Å². The van der Waals surface area contributed by atoms with Crippen molar-refractivity contribution in [3.8, 4) is 5.75 Å². The largest absolute Gasteiger partial charge is 0.421 e. The molecule has 0 bridgehead atoms. The molecule has 0 saturated heterocycles. The summed E-state index contributed by atoms with van der Waals surface area (Å²) in [5.41, 5.74) is 0.681.